The molecule has 44 heavy (non-hydrogen) atoms. The number of rotatable bonds is 4. The van der Waals surface area contributed by atoms with E-state index in [0.29, 0.717) is 22.9 Å². The third-order valence-electron chi connectivity index (χ3n) is 8.53. The largest absolute Gasteiger partial charge is 0.427 e. The molecule has 2 aromatic rings. The zero-order chi connectivity index (χ0) is 30.9. The van der Waals surface area contributed by atoms with Gasteiger partial charge in [0, 0.05) is 13.8 Å². The van der Waals surface area contributed by atoms with Crippen LogP contribution in [0, 0.1) is 23.7 Å². The van der Waals surface area contributed by atoms with Crippen LogP contribution in [0.3, 0.4) is 0 Å². The van der Waals surface area contributed by atoms with Crippen molar-refractivity contribution in [2.75, 3.05) is 9.80 Å². The number of fused-ring (bicyclic) bond motifs is 10. The summed E-state index contributed by atoms with van der Waals surface area (Å²) in [4.78, 5) is 74.5. The van der Waals surface area contributed by atoms with E-state index in [-0.39, 0.29) is 48.0 Å². The lowest BCUT2D eigenvalue weighted by Crippen LogP contribution is -2.34. The van der Waals surface area contributed by atoms with Gasteiger partial charge in [-0.1, -0.05) is 24.3 Å². The van der Waals surface area contributed by atoms with Crippen molar-refractivity contribution in [2.45, 2.75) is 38.3 Å². The average molecular weight is 599 g/mol. The second-order valence-corrected chi connectivity index (χ2v) is 11.2. The minimum Gasteiger partial charge on any atom is -0.427 e. The number of carbonyl (C=O) groups excluding carboxylic acids is 6. The topological polar surface area (TPSA) is 146 Å². The lowest BCUT2D eigenvalue weighted by molar-refractivity contribution is -0.132. The summed E-state index contributed by atoms with van der Waals surface area (Å²) in [6.45, 7) is 2.62. The van der Waals surface area contributed by atoms with Crippen LogP contribution in [0.15, 0.2) is 72.8 Å². The fourth-order valence-corrected chi connectivity index (χ4v) is 6.77. The predicted octanol–water partition coefficient (Wildman–Crippen LogP) is 2.11. The van der Waals surface area contributed by atoms with Crippen LogP contribution < -0.4 is 19.3 Å². The van der Waals surface area contributed by atoms with E-state index < -0.39 is 35.6 Å². The Morgan fingerprint density at radius 3 is 1.05 bits per heavy atom. The third kappa shape index (κ3) is 4.37. The van der Waals surface area contributed by atoms with Crippen LogP contribution in [0.1, 0.15) is 13.8 Å². The van der Waals surface area contributed by atoms with Crippen LogP contribution in [-0.2, 0) is 38.2 Å². The van der Waals surface area contributed by atoms with Crippen molar-refractivity contribution in [2.24, 2.45) is 23.7 Å². The van der Waals surface area contributed by atoms with Gasteiger partial charge in [0.2, 0.25) is 23.6 Å². The number of benzene rings is 2. The highest BCUT2D eigenvalue weighted by Crippen LogP contribution is 2.47. The molecular weight excluding hydrogens is 572 g/mol. The Bertz CT molecular complexity index is 1480. The first-order valence-electron chi connectivity index (χ1n) is 14.1. The number of nitrogens with zero attached hydrogens (tertiary/aromatic N) is 2. The second-order valence-electron chi connectivity index (χ2n) is 11.2. The molecule has 2 aromatic carbocycles. The number of carbonyl (C=O) groups is 6. The van der Waals surface area contributed by atoms with Crippen LogP contribution in [-0.4, -0.2) is 60.0 Å². The van der Waals surface area contributed by atoms with E-state index in [4.69, 9.17) is 18.9 Å². The third-order valence-corrected chi connectivity index (χ3v) is 8.53. The normalized spacial score (nSPS) is 31.8. The van der Waals surface area contributed by atoms with Crippen molar-refractivity contribution < 1.29 is 47.7 Å². The Balaban J connectivity index is 0.000000142. The summed E-state index contributed by atoms with van der Waals surface area (Å²) < 4.78 is 21.1. The molecule has 6 aliphatic heterocycles. The standard InChI is InChI=1S/2C16H13NO5/c2*1-8(18)21-10-4-2-9(3-5-10)17-15(19)13-11-6-7-12(22-11)14(13)16(17)20/h2*2-7,11-14H,1H3/t2*11-,12+,13-,14+. The molecule has 12 nitrogen and oxygen atoms in total. The van der Waals surface area contributed by atoms with E-state index >= 15 is 0 Å². The first kappa shape index (κ1) is 27.9. The highest BCUT2D eigenvalue weighted by Gasteiger charge is 2.62. The number of hydrogen-bond donors (Lipinski definition) is 0. The molecule has 12 heteroatoms. The van der Waals surface area contributed by atoms with Crippen LogP contribution in [0.25, 0.3) is 0 Å². The summed E-state index contributed by atoms with van der Waals surface area (Å²) >= 11 is 0. The molecule has 6 aliphatic rings. The molecule has 6 heterocycles. The monoisotopic (exact) mass is 598 g/mol. The van der Waals surface area contributed by atoms with Gasteiger partial charge in [-0.25, -0.2) is 9.80 Å². The zero-order valence-corrected chi connectivity index (χ0v) is 23.5. The Morgan fingerprint density at radius 2 is 0.795 bits per heavy atom. The summed E-state index contributed by atoms with van der Waals surface area (Å²) in [5.41, 5.74) is 0.972. The van der Waals surface area contributed by atoms with Crippen LogP contribution in [0.5, 0.6) is 11.5 Å². The van der Waals surface area contributed by atoms with Gasteiger partial charge >= 0.3 is 11.9 Å². The number of anilines is 2. The number of imide groups is 2. The van der Waals surface area contributed by atoms with E-state index in [1.54, 1.807) is 48.5 Å². The minimum atomic E-state index is -0.421. The van der Waals surface area contributed by atoms with Gasteiger partial charge in [0.1, 0.15) is 11.5 Å². The predicted molar refractivity (Wildman–Crippen MR) is 150 cm³/mol. The minimum absolute atomic E-state index is 0.230. The van der Waals surface area contributed by atoms with Gasteiger partial charge in [-0.3, -0.25) is 28.8 Å². The number of ether oxygens (including phenoxy) is 4. The van der Waals surface area contributed by atoms with Crippen molar-refractivity contribution >= 4 is 46.9 Å². The lowest BCUT2D eigenvalue weighted by atomic mass is 9.85. The second kappa shape index (κ2) is 10.4. The molecule has 0 unspecified atom stereocenters. The lowest BCUT2D eigenvalue weighted by Gasteiger charge is -2.17. The van der Waals surface area contributed by atoms with Gasteiger partial charge in [-0.05, 0) is 48.5 Å². The Morgan fingerprint density at radius 1 is 0.523 bits per heavy atom. The summed E-state index contributed by atoms with van der Waals surface area (Å²) in [5.74, 6) is -2.69. The molecule has 224 valence electrons. The summed E-state index contributed by atoms with van der Waals surface area (Å²) in [7, 11) is 0. The number of hydrogen-bond acceptors (Lipinski definition) is 10. The van der Waals surface area contributed by atoms with E-state index in [0.717, 1.165) is 0 Å². The van der Waals surface area contributed by atoms with Crippen molar-refractivity contribution in [1.29, 1.82) is 0 Å². The van der Waals surface area contributed by atoms with E-state index in [2.05, 4.69) is 0 Å². The van der Waals surface area contributed by atoms with Crippen molar-refractivity contribution in [3.8, 4) is 11.5 Å². The van der Waals surface area contributed by atoms with Gasteiger partial charge in [0.25, 0.3) is 0 Å². The maximum absolute atomic E-state index is 12.6. The molecule has 0 aliphatic carbocycles. The molecule has 4 bridgehead atoms. The molecule has 0 N–H and O–H groups in total. The average Bonchev–Trinajstić information content (AvgIpc) is 3.83. The smallest absolute Gasteiger partial charge is 0.308 e. The maximum Gasteiger partial charge on any atom is 0.308 e. The van der Waals surface area contributed by atoms with Crippen molar-refractivity contribution in [3.63, 3.8) is 0 Å². The van der Waals surface area contributed by atoms with Gasteiger partial charge in [-0.2, -0.15) is 0 Å². The quantitative estimate of drug-likeness (QED) is 0.222. The van der Waals surface area contributed by atoms with Crippen LogP contribution in [0.4, 0.5) is 11.4 Å². The molecule has 4 amide bonds. The Kier molecular flexibility index (Phi) is 6.56. The van der Waals surface area contributed by atoms with Crippen LogP contribution >= 0.6 is 0 Å². The van der Waals surface area contributed by atoms with Crippen LogP contribution in [0.2, 0.25) is 0 Å². The number of amides is 4. The van der Waals surface area contributed by atoms with Crippen molar-refractivity contribution in [1.82, 2.24) is 0 Å². The molecule has 0 saturated carbocycles. The fraction of sp³-hybridized carbons (Fsp3) is 0.312. The summed E-state index contributed by atoms with van der Waals surface area (Å²) in [5, 5.41) is 0. The van der Waals surface area contributed by atoms with Gasteiger partial charge in [-0.15, -0.1) is 0 Å². The van der Waals surface area contributed by atoms with Gasteiger partial charge in [0.15, 0.2) is 0 Å². The maximum atomic E-state index is 12.6. The van der Waals surface area contributed by atoms with Gasteiger partial charge < -0.3 is 18.9 Å². The molecule has 4 fully saturated rings. The highest BCUT2D eigenvalue weighted by atomic mass is 16.5. The van der Waals surface area contributed by atoms with E-state index in [1.807, 2.05) is 24.3 Å². The van der Waals surface area contributed by atoms with Crippen molar-refractivity contribution in [3.05, 3.63) is 72.8 Å². The summed E-state index contributed by atoms with van der Waals surface area (Å²) in [6.07, 6.45) is 6.23. The summed E-state index contributed by atoms with van der Waals surface area (Å²) in [6, 6.07) is 12.7. The highest BCUT2D eigenvalue weighted by molar-refractivity contribution is 6.23. The first-order valence-corrected chi connectivity index (χ1v) is 14.1. The molecule has 8 rings (SSSR count). The molecule has 0 spiro atoms. The molecular formula is C32H26N2O10. The first-order chi connectivity index (χ1) is 21.1. The Hall–Kier alpha value is -4.94. The fourth-order valence-electron chi connectivity index (χ4n) is 6.77. The SMILES string of the molecule is CC(=O)Oc1ccc(N2C(=O)[C@@H]3[C@H](C2=O)[C@H]2C=C[C@@H]3O2)cc1.CC(=O)Oc1ccc(N2C(=O)[C@@H]3[C@H](C2=O)[C@H]2C=C[C@@H]3O2)cc1. The van der Waals surface area contributed by atoms with Gasteiger partial charge in [0.05, 0.1) is 59.5 Å². The molecule has 0 radical (unpaired) electrons. The van der Waals surface area contributed by atoms with E-state index in [1.165, 1.54) is 23.6 Å². The molecule has 8 atom stereocenters. The Labute approximate surface area is 250 Å². The number of esters is 2. The molecule has 4 saturated heterocycles. The molecule has 0 aromatic heterocycles. The zero-order valence-electron chi connectivity index (χ0n) is 23.5. The van der Waals surface area contributed by atoms with E-state index in [9.17, 15) is 28.8 Å².